The van der Waals surface area contributed by atoms with E-state index in [1.54, 1.807) is 11.9 Å². The Hall–Kier alpha value is -2.66. The molecule has 0 atom stereocenters. The number of rotatable bonds is 7. The summed E-state index contributed by atoms with van der Waals surface area (Å²) in [4.78, 5) is 25.4. The number of amides is 2. The molecule has 0 heterocycles. The molecule has 5 heteroatoms. The van der Waals surface area contributed by atoms with E-state index < -0.39 is 0 Å². The minimum atomic E-state index is -0.279. The molecule has 0 saturated heterocycles. The number of aryl methyl sites for hydroxylation is 1. The van der Waals surface area contributed by atoms with Gasteiger partial charge in [0, 0.05) is 19.3 Å². The van der Waals surface area contributed by atoms with Crippen LogP contribution in [0.15, 0.2) is 54.6 Å². The van der Waals surface area contributed by atoms with Crippen LogP contribution >= 0.6 is 0 Å². The monoisotopic (exact) mass is 326 g/mol. The summed E-state index contributed by atoms with van der Waals surface area (Å²) in [5, 5.41) is 2.74. The molecule has 0 saturated carbocycles. The highest BCUT2D eigenvalue weighted by Gasteiger charge is 2.11. The summed E-state index contributed by atoms with van der Waals surface area (Å²) >= 11 is 0. The summed E-state index contributed by atoms with van der Waals surface area (Å²) in [5.41, 5.74) is 2.83. The minimum absolute atomic E-state index is 0.120. The quantitative estimate of drug-likeness (QED) is 0.851. The Morgan fingerprint density at radius 1 is 1.04 bits per heavy atom. The van der Waals surface area contributed by atoms with Crippen LogP contribution in [0.1, 0.15) is 11.1 Å². The number of likely N-dealkylation sites (N-methyl/N-ethyl adjacent to an activating group) is 1. The molecule has 2 rings (SSSR count). The summed E-state index contributed by atoms with van der Waals surface area (Å²) in [6.45, 7) is 2.19. The lowest BCUT2D eigenvalue weighted by Crippen LogP contribution is -2.31. The third-order valence-corrected chi connectivity index (χ3v) is 3.45. The van der Waals surface area contributed by atoms with Crippen LogP contribution in [-0.2, 0) is 20.9 Å². The average Bonchev–Trinajstić information content (AvgIpc) is 2.55. The Balaban J connectivity index is 1.71. The van der Waals surface area contributed by atoms with E-state index in [1.165, 1.54) is 0 Å². The van der Waals surface area contributed by atoms with E-state index in [1.807, 2.05) is 61.5 Å². The Morgan fingerprint density at radius 2 is 1.79 bits per heavy atom. The van der Waals surface area contributed by atoms with Gasteiger partial charge in [-0.15, -0.1) is 0 Å². The Kier molecular flexibility index (Phi) is 6.51. The molecule has 2 amide bonds. The highest BCUT2D eigenvalue weighted by atomic mass is 16.5. The first-order chi connectivity index (χ1) is 11.5. The number of hydrogen-bond donors (Lipinski definition) is 1. The van der Waals surface area contributed by atoms with Gasteiger partial charge in [0.05, 0.1) is 0 Å². The molecule has 0 bridgehead atoms. The number of nitrogens with zero attached hydrogens (tertiary/aromatic N) is 1. The lowest BCUT2D eigenvalue weighted by Gasteiger charge is -2.17. The molecule has 2 aromatic carbocycles. The van der Waals surface area contributed by atoms with Gasteiger partial charge in [0.1, 0.15) is 13.2 Å². The van der Waals surface area contributed by atoms with Gasteiger partial charge in [-0.25, -0.2) is 0 Å². The van der Waals surface area contributed by atoms with E-state index in [0.717, 1.165) is 16.8 Å². The van der Waals surface area contributed by atoms with E-state index in [-0.39, 0.29) is 25.0 Å². The van der Waals surface area contributed by atoms with Crippen molar-refractivity contribution in [2.75, 3.05) is 25.6 Å². The summed E-state index contributed by atoms with van der Waals surface area (Å²) in [6, 6.07) is 17.2. The average molecular weight is 326 g/mol. The van der Waals surface area contributed by atoms with Crippen LogP contribution in [-0.4, -0.2) is 37.0 Å². The number of anilines is 1. The molecule has 126 valence electrons. The maximum Gasteiger partial charge on any atom is 0.250 e. The van der Waals surface area contributed by atoms with E-state index in [0.29, 0.717) is 6.54 Å². The van der Waals surface area contributed by atoms with Crippen LogP contribution in [0.2, 0.25) is 0 Å². The predicted octanol–water partition coefficient (Wildman–Crippen LogP) is 2.61. The first-order valence-electron chi connectivity index (χ1n) is 7.77. The molecule has 1 N–H and O–H groups in total. The zero-order valence-corrected chi connectivity index (χ0v) is 14.0. The summed E-state index contributed by atoms with van der Waals surface area (Å²) in [5.74, 6) is -0.443. The van der Waals surface area contributed by atoms with Crippen LogP contribution in [0.3, 0.4) is 0 Å². The second-order valence-electron chi connectivity index (χ2n) is 5.65. The topological polar surface area (TPSA) is 58.6 Å². The first kappa shape index (κ1) is 17.7. The molecule has 24 heavy (non-hydrogen) atoms. The van der Waals surface area contributed by atoms with Gasteiger partial charge in [0.25, 0.3) is 0 Å². The molecule has 0 aliphatic rings. The van der Waals surface area contributed by atoms with Gasteiger partial charge in [-0.05, 0) is 30.2 Å². The van der Waals surface area contributed by atoms with Crippen molar-refractivity contribution in [1.82, 2.24) is 4.90 Å². The van der Waals surface area contributed by atoms with Crippen LogP contribution < -0.4 is 5.32 Å². The number of hydrogen-bond acceptors (Lipinski definition) is 3. The summed E-state index contributed by atoms with van der Waals surface area (Å²) in [7, 11) is 1.71. The molecule has 0 aliphatic heterocycles. The second kappa shape index (κ2) is 8.84. The lowest BCUT2D eigenvalue weighted by molar-refractivity contribution is -0.136. The largest absolute Gasteiger partial charge is 0.362 e. The fourth-order valence-corrected chi connectivity index (χ4v) is 2.21. The Labute approximate surface area is 142 Å². The molecule has 0 fully saturated rings. The first-order valence-corrected chi connectivity index (χ1v) is 7.77. The zero-order chi connectivity index (χ0) is 17.4. The van der Waals surface area contributed by atoms with Crippen LogP contribution in [0, 0.1) is 6.92 Å². The van der Waals surface area contributed by atoms with Crippen LogP contribution in [0.5, 0.6) is 0 Å². The third kappa shape index (κ3) is 5.85. The Bertz CT molecular complexity index is 686. The maximum atomic E-state index is 12.0. The van der Waals surface area contributed by atoms with Crippen molar-refractivity contribution in [1.29, 1.82) is 0 Å². The van der Waals surface area contributed by atoms with Crippen molar-refractivity contribution >= 4 is 17.5 Å². The van der Waals surface area contributed by atoms with Crippen LogP contribution in [0.25, 0.3) is 0 Å². The van der Waals surface area contributed by atoms with E-state index in [9.17, 15) is 9.59 Å². The van der Waals surface area contributed by atoms with Gasteiger partial charge >= 0.3 is 0 Å². The second-order valence-corrected chi connectivity index (χ2v) is 5.65. The van der Waals surface area contributed by atoms with Crippen molar-refractivity contribution in [2.24, 2.45) is 0 Å². The van der Waals surface area contributed by atoms with Crippen molar-refractivity contribution in [2.45, 2.75) is 13.5 Å². The van der Waals surface area contributed by atoms with Crippen LogP contribution in [0.4, 0.5) is 5.69 Å². The van der Waals surface area contributed by atoms with Gasteiger partial charge in [0.2, 0.25) is 11.8 Å². The SMILES string of the molecule is Cc1cccc(NC(=O)COCC(=O)N(C)Cc2ccccc2)c1. The highest BCUT2D eigenvalue weighted by molar-refractivity contribution is 5.92. The van der Waals surface area contributed by atoms with Gasteiger partial charge in [-0.1, -0.05) is 42.5 Å². The number of carbonyl (C=O) groups is 2. The fourth-order valence-electron chi connectivity index (χ4n) is 2.21. The number of benzene rings is 2. The highest BCUT2D eigenvalue weighted by Crippen LogP contribution is 2.09. The predicted molar refractivity (Wildman–Crippen MR) is 93.5 cm³/mol. The van der Waals surface area contributed by atoms with E-state index in [4.69, 9.17) is 4.74 Å². The fraction of sp³-hybridized carbons (Fsp3) is 0.263. The van der Waals surface area contributed by atoms with Gasteiger partial charge in [-0.3, -0.25) is 9.59 Å². The molecule has 0 aliphatic carbocycles. The summed E-state index contributed by atoms with van der Waals surface area (Å²) < 4.78 is 5.22. The van der Waals surface area contributed by atoms with Gasteiger partial charge in [0.15, 0.2) is 0 Å². The van der Waals surface area contributed by atoms with Gasteiger partial charge in [-0.2, -0.15) is 0 Å². The molecule has 5 nitrogen and oxygen atoms in total. The molecule has 0 aromatic heterocycles. The molecule has 2 aromatic rings. The Morgan fingerprint density at radius 3 is 2.50 bits per heavy atom. The molecular weight excluding hydrogens is 304 g/mol. The van der Waals surface area contributed by atoms with Crippen molar-refractivity contribution < 1.29 is 14.3 Å². The maximum absolute atomic E-state index is 12.0. The molecular formula is C19H22N2O3. The van der Waals surface area contributed by atoms with E-state index >= 15 is 0 Å². The van der Waals surface area contributed by atoms with E-state index in [2.05, 4.69) is 5.32 Å². The molecule has 0 spiro atoms. The number of carbonyl (C=O) groups excluding carboxylic acids is 2. The standard InChI is InChI=1S/C19H22N2O3/c1-15-7-6-10-17(11-15)20-18(22)13-24-14-19(23)21(2)12-16-8-4-3-5-9-16/h3-11H,12-14H2,1-2H3,(H,20,22). The normalized spacial score (nSPS) is 10.2. The number of nitrogens with one attached hydrogen (secondary N) is 1. The zero-order valence-electron chi connectivity index (χ0n) is 14.0. The van der Waals surface area contributed by atoms with Crippen molar-refractivity contribution in [3.8, 4) is 0 Å². The van der Waals surface area contributed by atoms with Crippen molar-refractivity contribution in [3.05, 3.63) is 65.7 Å². The molecule has 0 unspecified atom stereocenters. The lowest BCUT2D eigenvalue weighted by atomic mass is 10.2. The summed E-state index contributed by atoms with van der Waals surface area (Å²) in [6.07, 6.45) is 0. The number of ether oxygens (including phenoxy) is 1. The van der Waals surface area contributed by atoms with Gasteiger partial charge < -0.3 is 15.0 Å². The molecule has 0 radical (unpaired) electrons. The smallest absolute Gasteiger partial charge is 0.250 e. The minimum Gasteiger partial charge on any atom is -0.362 e. The van der Waals surface area contributed by atoms with Crippen molar-refractivity contribution in [3.63, 3.8) is 0 Å². The third-order valence-electron chi connectivity index (χ3n) is 3.45.